The lowest BCUT2D eigenvalue weighted by atomic mass is 10.0. The van der Waals surface area contributed by atoms with Gasteiger partial charge in [0.15, 0.2) is 0 Å². The number of aryl methyl sites for hydroxylation is 1. The predicted molar refractivity (Wildman–Crippen MR) is 76.3 cm³/mol. The molecule has 0 aliphatic carbocycles. The Morgan fingerprint density at radius 1 is 1.18 bits per heavy atom. The first kappa shape index (κ1) is 18.0. The molecule has 0 fully saturated rings. The first-order valence-electron chi connectivity index (χ1n) is 6.83. The molecule has 22 heavy (non-hydrogen) atoms. The number of alkyl halides is 3. The van der Waals surface area contributed by atoms with Crippen molar-refractivity contribution in [2.45, 2.75) is 33.0 Å². The Morgan fingerprint density at radius 2 is 1.77 bits per heavy atom. The maximum Gasteiger partial charge on any atom is 0.405 e. The molecule has 4 nitrogen and oxygen atoms in total. The Bertz CT molecular complexity index is 542. The van der Waals surface area contributed by atoms with Crippen molar-refractivity contribution in [1.82, 2.24) is 10.6 Å². The highest BCUT2D eigenvalue weighted by Crippen LogP contribution is 2.13. The summed E-state index contributed by atoms with van der Waals surface area (Å²) in [5, 5.41) is 4.29. The number of amides is 2. The lowest BCUT2D eigenvalue weighted by Crippen LogP contribution is -2.51. The van der Waals surface area contributed by atoms with E-state index < -0.39 is 30.6 Å². The molecule has 0 bridgehead atoms. The maximum absolute atomic E-state index is 12.2. The quantitative estimate of drug-likeness (QED) is 0.876. The van der Waals surface area contributed by atoms with Crippen molar-refractivity contribution in [3.8, 4) is 0 Å². The van der Waals surface area contributed by atoms with Crippen molar-refractivity contribution >= 4 is 11.8 Å². The molecule has 0 spiro atoms. The summed E-state index contributed by atoms with van der Waals surface area (Å²) in [5.74, 6) is -1.69. The zero-order valence-electron chi connectivity index (χ0n) is 12.6. The van der Waals surface area contributed by atoms with Gasteiger partial charge in [-0.15, -0.1) is 0 Å². The van der Waals surface area contributed by atoms with Crippen LogP contribution in [-0.4, -0.2) is 30.6 Å². The Balaban J connectivity index is 2.78. The molecule has 2 N–H and O–H groups in total. The third kappa shape index (κ3) is 5.38. The molecule has 1 unspecified atom stereocenters. The molecule has 1 atom stereocenters. The number of benzene rings is 1. The van der Waals surface area contributed by atoms with E-state index in [1.807, 2.05) is 0 Å². The Morgan fingerprint density at radius 3 is 2.27 bits per heavy atom. The first-order chi connectivity index (χ1) is 10.1. The number of halogens is 3. The lowest BCUT2D eigenvalue weighted by Gasteiger charge is -2.22. The molecule has 0 aliphatic rings. The van der Waals surface area contributed by atoms with Crippen molar-refractivity contribution in [3.05, 3.63) is 35.4 Å². The van der Waals surface area contributed by atoms with Crippen LogP contribution in [-0.2, 0) is 4.79 Å². The highest BCUT2D eigenvalue weighted by Gasteiger charge is 2.31. The van der Waals surface area contributed by atoms with Gasteiger partial charge in [-0.05, 0) is 24.5 Å². The van der Waals surface area contributed by atoms with Crippen molar-refractivity contribution in [1.29, 1.82) is 0 Å². The SMILES string of the molecule is Cc1ccccc1C(=O)NC(C(=O)NCC(F)(F)F)C(C)C. The van der Waals surface area contributed by atoms with Gasteiger partial charge < -0.3 is 10.6 Å². The minimum absolute atomic E-state index is 0.346. The van der Waals surface area contributed by atoms with Crippen LogP contribution in [0.5, 0.6) is 0 Å². The van der Waals surface area contributed by atoms with Gasteiger partial charge in [-0.3, -0.25) is 9.59 Å². The highest BCUT2D eigenvalue weighted by molar-refractivity contribution is 5.98. The van der Waals surface area contributed by atoms with Gasteiger partial charge in [0.2, 0.25) is 5.91 Å². The number of nitrogens with one attached hydrogen (secondary N) is 2. The minimum atomic E-state index is -4.49. The highest BCUT2D eigenvalue weighted by atomic mass is 19.4. The molecule has 122 valence electrons. The van der Waals surface area contributed by atoms with Gasteiger partial charge in [-0.25, -0.2) is 0 Å². The summed E-state index contributed by atoms with van der Waals surface area (Å²) in [6, 6.07) is 5.74. The van der Waals surface area contributed by atoms with Gasteiger partial charge in [0.1, 0.15) is 12.6 Å². The second-order valence-corrected chi connectivity index (χ2v) is 5.34. The van der Waals surface area contributed by atoms with Gasteiger partial charge in [-0.2, -0.15) is 13.2 Å². The van der Waals surface area contributed by atoms with Crippen LogP contribution in [0.4, 0.5) is 13.2 Å². The van der Waals surface area contributed by atoms with E-state index in [0.717, 1.165) is 5.56 Å². The fourth-order valence-electron chi connectivity index (χ4n) is 1.88. The molecule has 1 aromatic rings. The third-order valence-corrected chi connectivity index (χ3v) is 3.09. The van der Waals surface area contributed by atoms with Crippen LogP contribution in [0.1, 0.15) is 29.8 Å². The normalized spacial score (nSPS) is 12.9. The largest absolute Gasteiger partial charge is 0.405 e. The molecule has 0 radical (unpaired) electrons. The monoisotopic (exact) mass is 316 g/mol. The first-order valence-corrected chi connectivity index (χ1v) is 6.83. The Kier molecular flexibility index (Phi) is 5.96. The molecule has 0 heterocycles. The van der Waals surface area contributed by atoms with Gasteiger partial charge in [0, 0.05) is 5.56 Å². The van der Waals surface area contributed by atoms with Crippen LogP contribution in [0.2, 0.25) is 0 Å². The fraction of sp³-hybridized carbons (Fsp3) is 0.467. The van der Waals surface area contributed by atoms with Gasteiger partial charge in [0.05, 0.1) is 0 Å². The molecule has 2 amide bonds. The van der Waals surface area contributed by atoms with E-state index in [1.165, 1.54) is 0 Å². The van der Waals surface area contributed by atoms with E-state index in [0.29, 0.717) is 5.56 Å². The zero-order valence-corrected chi connectivity index (χ0v) is 12.6. The number of hydrogen-bond donors (Lipinski definition) is 2. The number of hydrogen-bond acceptors (Lipinski definition) is 2. The van der Waals surface area contributed by atoms with Crippen LogP contribution in [0.3, 0.4) is 0 Å². The van der Waals surface area contributed by atoms with Crippen LogP contribution in [0.25, 0.3) is 0 Å². The van der Waals surface area contributed by atoms with Crippen LogP contribution in [0, 0.1) is 12.8 Å². The number of rotatable bonds is 5. The lowest BCUT2D eigenvalue weighted by molar-refractivity contribution is -0.140. The summed E-state index contributed by atoms with van der Waals surface area (Å²) in [6.45, 7) is 3.62. The van der Waals surface area contributed by atoms with Gasteiger partial charge in [0.25, 0.3) is 5.91 Å². The van der Waals surface area contributed by atoms with E-state index >= 15 is 0 Å². The molecular weight excluding hydrogens is 297 g/mol. The molecule has 1 rings (SSSR count). The van der Waals surface area contributed by atoms with Crippen molar-refractivity contribution < 1.29 is 22.8 Å². The van der Waals surface area contributed by atoms with E-state index in [-0.39, 0.29) is 5.92 Å². The van der Waals surface area contributed by atoms with E-state index in [9.17, 15) is 22.8 Å². The molecule has 0 saturated carbocycles. The summed E-state index contributed by atoms with van der Waals surface area (Å²) in [4.78, 5) is 24.0. The Hall–Kier alpha value is -2.05. The van der Waals surface area contributed by atoms with Gasteiger partial charge >= 0.3 is 6.18 Å². The van der Waals surface area contributed by atoms with Gasteiger partial charge in [-0.1, -0.05) is 32.0 Å². The number of carbonyl (C=O) groups is 2. The maximum atomic E-state index is 12.2. The summed E-state index contributed by atoms with van der Waals surface area (Å²) in [7, 11) is 0. The van der Waals surface area contributed by atoms with Crippen LogP contribution in [0.15, 0.2) is 24.3 Å². The van der Waals surface area contributed by atoms with E-state index in [4.69, 9.17) is 0 Å². The molecule has 7 heteroatoms. The van der Waals surface area contributed by atoms with Crippen molar-refractivity contribution in [3.63, 3.8) is 0 Å². The fourth-order valence-corrected chi connectivity index (χ4v) is 1.88. The van der Waals surface area contributed by atoms with Crippen molar-refractivity contribution in [2.24, 2.45) is 5.92 Å². The smallest absolute Gasteiger partial charge is 0.345 e. The summed E-state index contributed by atoms with van der Waals surface area (Å²) < 4.78 is 36.5. The molecule has 0 aliphatic heterocycles. The second kappa shape index (κ2) is 7.29. The average molecular weight is 316 g/mol. The summed E-state index contributed by atoms with van der Waals surface area (Å²) in [5.41, 5.74) is 1.11. The Labute approximate surface area is 127 Å². The van der Waals surface area contributed by atoms with Crippen LogP contribution < -0.4 is 10.6 Å². The minimum Gasteiger partial charge on any atom is -0.345 e. The standard InChI is InChI=1S/C15H19F3N2O2/c1-9(2)12(14(22)19-8-15(16,17)18)20-13(21)11-7-5-4-6-10(11)3/h4-7,9,12H,8H2,1-3H3,(H,19,22)(H,20,21). The predicted octanol–water partition coefficient (Wildman–Crippen LogP) is 2.43. The van der Waals surface area contributed by atoms with E-state index in [1.54, 1.807) is 50.4 Å². The molecule has 1 aromatic carbocycles. The average Bonchev–Trinajstić information content (AvgIpc) is 2.41. The second-order valence-electron chi connectivity index (χ2n) is 5.34. The topological polar surface area (TPSA) is 58.2 Å². The van der Waals surface area contributed by atoms with Crippen LogP contribution >= 0.6 is 0 Å². The molecular formula is C15H19F3N2O2. The number of carbonyl (C=O) groups excluding carboxylic acids is 2. The molecule has 0 saturated heterocycles. The molecule has 0 aromatic heterocycles. The van der Waals surface area contributed by atoms with E-state index in [2.05, 4.69) is 5.32 Å². The van der Waals surface area contributed by atoms with Crippen molar-refractivity contribution in [2.75, 3.05) is 6.54 Å². The third-order valence-electron chi connectivity index (χ3n) is 3.09. The summed E-state index contributed by atoms with van der Waals surface area (Å²) >= 11 is 0. The summed E-state index contributed by atoms with van der Waals surface area (Å²) in [6.07, 6.45) is -4.49. The zero-order chi connectivity index (χ0) is 16.9.